The van der Waals surface area contributed by atoms with Crippen LogP contribution in [-0.2, 0) is 13.0 Å². The van der Waals surface area contributed by atoms with Crippen LogP contribution in [0, 0.1) is 0 Å². The summed E-state index contributed by atoms with van der Waals surface area (Å²) in [6, 6.07) is 13.4. The molecule has 2 aromatic rings. The van der Waals surface area contributed by atoms with Gasteiger partial charge in [0.2, 0.25) is 0 Å². The highest BCUT2D eigenvalue weighted by atomic mass is 16.2. The van der Waals surface area contributed by atoms with Gasteiger partial charge < -0.3 is 16.0 Å². The number of amides is 2. The van der Waals surface area contributed by atoms with Gasteiger partial charge >= 0.3 is 6.03 Å². The second-order valence-electron chi connectivity index (χ2n) is 5.97. The number of carbonyl (C=O) groups is 1. The number of rotatable bonds is 3. The SMILES string of the molecule is CN(C)c1cccc(N(C(N)=O)c2ccc3c(c2)CCNC3)c1. The molecule has 0 spiro atoms. The Kier molecular flexibility index (Phi) is 4.21. The fourth-order valence-corrected chi connectivity index (χ4v) is 2.92. The van der Waals surface area contributed by atoms with Crippen molar-refractivity contribution in [2.45, 2.75) is 13.0 Å². The minimum absolute atomic E-state index is 0.477. The number of primary amides is 1. The maximum atomic E-state index is 12.1. The third kappa shape index (κ3) is 3.14. The number of anilines is 3. The van der Waals surface area contributed by atoms with E-state index < -0.39 is 6.03 Å². The quantitative estimate of drug-likeness (QED) is 0.916. The molecule has 3 rings (SSSR count). The zero-order valence-corrected chi connectivity index (χ0v) is 13.5. The largest absolute Gasteiger partial charge is 0.378 e. The number of nitrogens with two attached hydrogens (primary N) is 1. The lowest BCUT2D eigenvalue weighted by molar-refractivity contribution is 0.256. The van der Waals surface area contributed by atoms with Crippen molar-refractivity contribution < 1.29 is 4.79 Å². The summed E-state index contributed by atoms with van der Waals surface area (Å²) >= 11 is 0. The highest BCUT2D eigenvalue weighted by molar-refractivity contribution is 5.99. The smallest absolute Gasteiger partial charge is 0.323 e. The summed E-state index contributed by atoms with van der Waals surface area (Å²) < 4.78 is 0. The zero-order valence-electron chi connectivity index (χ0n) is 13.5. The second kappa shape index (κ2) is 6.30. The summed E-state index contributed by atoms with van der Waals surface area (Å²) in [6.45, 7) is 1.84. The van der Waals surface area contributed by atoms with Gasteiger partial charge in [-0.2, -0.15) is 0 Å². The Hall–Kier alpha value is -2.53. The van der Waals surface area contributed by atoms with Crippen molar-refractivity contribution in [3.05, 3.63) is 53.6 Å². The molecule has 0 fully saturated rings. The van der Waals surface area contributed by atoms with Crippen molar-refractivity contribution in [3.63, 3.8) is 0 Å². The average molecular weight is 310 g/mol. The lowest BCUT2D eigenvalue weighted by atomic mass is 10.00. The van der Waals surface area contributed by atoms with Crippen molar-refractivity contribution in [2.24, 2.45) is 5.73 Å². The van der Waals surface area contributed by atoms with Crippen molar-refractivity contribution in [3.8, 4) is 0 Å². The molecule has 0 aliphatic carbocycles. The summed E-state index contributed by atoms with van der Waals surface area (Å²) in [4.78, 5) is 15.6. The topological polar surface area (TPSA) is 61.6 Å². The number of nitrogens with one attached hydrogen (secondary N) is 1. The maximum Gasteiger partial charge on any atom is 0.323 e. The van der Waals surface area contributed by atoms with E-state index in [1.165, 1.54) is 11.1 Å². The van der Waals surface area contributed by atoms with Gasteiger partial charge in [-0.3, -0.25) is 4.90 Å². The normalized spacial score (nSPS) is 13.3. The van der Waals surface area contributed by atoms with Crippen molar-refractivity contribution in [2.75, 3.05) is 30.4 Å². The maximum absolute atomic E-state index is 12.1. The number of hydrogen-bond donors (Lipinski definition) is 2. The Bertz CT molecular complexity index is 727. The molecule has 0 unspecified atom stereocenters. The van der Waals surface area contributed by atoms with E-state index in [-0.39, 0.29) is 0 Å². The van der Waals surface area contributed by atoms with Crippen LogP contribution in [0.15, 0.2) is 42.5 Å². The monoisotopic (exact) mass is 310 g/mol. The molecule has 2 amide bonds. The standard InChI is InChI=1S/C18H22N4O/c1-21(2)15-4-3-5-16(11-15)22(18(19)23)17-7-6-14-12-20-9-8-13(14)10-17/h3-7,10-11,20H,8-9,12H2,1-2H3,(H2,19,23). The number of nitrogens with zero attached hydrogens (tertiary/aromatic N) is 2. The highest BCUT2D eigenvalue weighted by Gasteiger charge is 2.18. The van der Waals surface area contributed by atoms with Crippen LogP contribution in [-0.4, -0.2) is 26.7 Å². The molecule has 120 valence electrons. The van der Waals surface area contributed by atoms with Gasteiger partial charge in [-0.25, -0.2) is 4.79 Å². The molecule has 0 bridgehead atoms. The summed E-state index contributed by atoms with van der Waals surface area (Å²) in [5.41, 5.74) is 10.8. The van der Waals surface area contributed by atoms with Crippen LogP contribution in [0.4, 0.5) is 21.9 Å². The molecule has 0 atom stereocenters. The summed E-state index contributed by atoms with van der Waals surface area (Å²) in [7, 11) is 3.94. The van der Waals surface area contributed by atoms with Gasteiger partial charge in [0.25, 0.3) is 0 Å². The zero-order chi connectivity index (χ0) is 16.4. The predicted molar refractivity (Wildman–Crippen MR) is 94.3 cm³/mol. The first kappa shape index (κ1) is 15.4. The molecule has 1 aliphatic rings. The van der Waals surface area contributed by atoms with Gasteiger partial charge in [-0.1, -0.05) is 12.1 Å². The summed E-state index contributed by atoms with van der Waals surface area (Å²) in [5.74, 6) is 0. The molecule has 0 saturated heterocycles. The summed E-state index contributed by atoms with van der Waals surface area (Å²) in [6.07, 6.45) is 0.966. The van der Waals surface area contributed by atoms with E-state index in [9.17, 15) is 4.79 Å². The van der Waals surface area contributed by atoms with Gasteiger partial charge in [-0.05, 0) is 54.4 Å². The molecule has 2 aromatic carbocycles. The first-order valence-electron chi connectivity index (χ1n) is 7.76. The third-order valence-electron chi connectivity index (χ3n) is 4.16. The van der Waals surface area contributed by atoms with Crippen LogP contribution >= 0.6 is 0 Å². The Balaban J connectivity index is 2.02. The van der Waals surface area contributed by atoms with E-state index in [1.807, 2.05) is 49.3 Å². The van der Waals surface area contributed by atoms with Crippen LogP contribution in [0.1, 0.15) is 11.1 Å². The molecule has 5 heteroatoms. The molecular formula is C18H22N4O. The predicted octanol–water partition coefficient (Wildman–Crippen LogP) is 2.62. The second-order valence-corrected chi connectivity index (χ2v) is 5.97. The first-order valence-corrected chi connectivity index (χ1v) is 7.76. The van der Waals surface area contributed by atoms with Crippen molar-refractivity contribution in [1.82, 2.24) is 5.32 Å². The Morgan fingerprint density at radius 3 is 2.52 bits per heavy atom. The van der Waals surface area contributed by atoms with Crippen LogP contribution in [0.2, 0.25) is 0 Å². The molecule has 0 saturated carbocycles. The van der Waals surface area contributed by atoms with Gasteiger partial charge in [0.1, 0.15) is 0 Å². The molecule has 1 aliphatic heterocycles. The molecule has 5 nitrogen and oxygen atoms in total. The number of benzene rings is 2. The van der Waals surface area contributed by atoms with E-state index in [4.69, 9.17) is 5.73 Å². The molecule has 3 N–H and O–H groups in total. The molecule has 0 aromatic heterocycles. The van der Waals surface area contributed by atoms with E-state index in [1.54, 1.807) is 4.90 Å². The molecule has 0 radical (unpaired) electrons. The Morgan fingerprint density at radius 2 is 1.78 bits per heavy atom. The van der Waals surface area contributed by atoms with Gasteiger partial charge in [0.15, 0.2) is 0 Å². The van der Waals surface area contributed by atoms with E-state index in [2.05, 4.69) is 17.4 Å². The van der Waals surface area contributed by atoms with Crippen LogP contribution in [0.5, 0.6) is 0 Å². The number of fused-ring (bicyclic) bond motifs is 1. The van der Waals surface area contributed by atoms with Crippen LogP contribution < -0.4 is 20.9 Å². The van der Waals surface area contributed by atoms with E-state index in [0.29, 0.717) is 0 Å². The van der Waals surface area contributed by atoms with E-state index >= 15 is 0 Å². The number of urea groups is 1. The lowest BCUT2D eigenvalue weighted by Gasteiger charge is -2.25. The van der Waals surface area contributed by atoms with Crippen LogP contribution in [0.25, 0.3) is 0 Å². The number of carbonyl (C=O) groups excluding carboxylic acids is 1. The van der Waals surface area contributed by atoms with Crippen LogP contribution in [0.3, 0.4) is 0 Å². The van der Waals surface area contributed by atoms with Crippen molar-refractivity contribution in [1.29, 1.82) is 0 Å². The molecular weight excluding hydrogens is 288 g/mol. The average Bonchev–Trinajstić information content (AvgIpc) is 2.55. The highest BCUT2D eigenvalue weighted by Crippen LogP contribution is 2.30. The van der Waals surface area contributed by atoms with Gasteiger partial charge in [-0.15, -0.1) is 0 Å². The minimum Gasteiger partial charge on any atom is -0.378 e. The van der Waals surface area contributed by atoms with Crippen molar-refractivity contribution >= 4 is 23.1 Å². The Labute approximate surface area is 136 Å². The summed E-state index contributed by atoms with van der Waals surface area (Å²) in [5, 5.41) is 3.35. The minimum atomic E-state index is -0.477. The Morgan fingerprint density at radius 1 is 1.04 bits per heavy atom. The first-order chi connectivity index (χ1) is 11.1. The van der Waals surface area contributed by atoms with E-state index in [0.717, 1.165) is 36.6 Å². The molecule has 23 heavy (non-hydrogen) atoms. The fraction of sp³-hybridized carbons (Fsp3) is 0.278. The lowest BCUT2D eigenvalue weighted by Crippen LogP contribution is -2.32. The van der Waals surface area contributed by atoms with Gasteiger partial charge in [0, 0.05) is 26.3 Å². The van der Waals surface area contributed by atoms with Gasteiger partial charge in [0.05, 0.1) is 11.4 Å². The fourth-order valence-electron chi connectivity index (χ4n) is 2.92. The molecule has 1 heterocycles. The third-order valence-corrected chi connectivity index (χ3v) is 4.16. The number of hydrogen-bond acceptors (Lipinski definition) is 3.